The normalized spacial score (nSPS) is 13.8. The van der Waals surface area contributed by atoms with Crippen molar-refractivity contribution in [2.45, 2.75) is 25.9 Å². The Morgan fingerprint density at radius 3 is 2.76 bits per heavy atom. The molecular formula is C27H23Cl2N3O4S. The Kier molecular flexibility index (Phi) is 7.24. The Hall–Kier alpha value is -3.33. The van der Waals surface area contributed by atoms with Gasteiger partial charge in [-0.05, 0) is 60.2 Å². The van der Waals surface area contributed by atoms with E-state index in [1.165, 1.54) is 11.3 Å². The zero-order valence-electron chi connectivity index (χ0n) is 19.8. The number of thiophene rings is 1. The molecule has 1 atom stereocenters. The second kappa shape index (κ2) is 10.6. The summed E-state index contributed by atoms with van der Waals surface area (Å²) in [6.07, 6.45) is 2.09. The Labute approximate surface area is 227 Å². The van der Waals surface area contributed by atoms with E-state index in [1.54, 1.807) is 48.4 Å². The fourth-order valence-corrected chi connectivity index (χ4v) is 5.80. The molecule has 5 rings (SSSR count). The molecule has 37 heavy (non-hydrogen) atoms. The smallest absolute Gasteiger partial charge is 0.261 e. The van der Waals surface area contributed by atoms with Crippen LogP contribution >= 0.6 is 34.5 Å². The molecule has 190 valence electrons. The summed E-state index contributed by atoms with van der Waals surface area (Å²) in [5, 5.41) is 8.92. The van der Waals surface area contributed by atoms with Crippen LogP contribution in [-0.2, 0) is 13.0 Å². The molecule has 1 aliphatic heterocycles. The maximum absolute atomic E-state index is 13.2. The lowest BCUT2D eigenvalue weighted by Crippen LogP contribution is -2.42. The molecule has 1 unspecified atom stereocenters. The van der Waals surface area contributed by atoms with Crippen LogP contribution in [-0.4, -0.2) is 41.8 Å². The second-order valence-electron chi connectivity index (χ2n) is 8.90. The summed E-state index contributed by atoms with van der Waals surface area (Å²) < 4.78 is 5.43. The maximum Gasteiger partial charge on any atom is 0.261 e. The minimum atomic E-state index is -0.416. The summed E-state index contributed by atoms with van der Waals surface area (Å²) in [4.78, 5) is 40.7. The van der Waals surface area contributed by atoms with Crippen molar-refractivity contribution in [1.29, 1.82) is 0 Å². The standard InChI is InChI=1S/C27H23Cl2N3O4S/c1-15(13-30-25(33)22-3-2-10-37-22)31-26(34)23-20(28)11-18-14-32(8-6-19(18)24(23)29)27(35)17-5-4-16-7-9-36-21(16)12-17/h2-5,7,9-12,15H,6,8,13-14H2,1H3,(H,30,33)(H,31,34). The highest BCUT2D eigenvalue weighted by molar-refractivity contribution is 7.12. The first-order valence-electron chi connectivity index (χ1n) is 11.7. The minimum Gasteiger partial charge on any atom is -0.464 e. The molecule has 3 amide bonds. The highest BCUT2D eigenvalue weighted by Gasteiger charge is 2.28. The topological polar surface area (TPSA) is 91.7 Å². The number of furan rings is 1. The zero-order chi connectivity index (χ0) is 26.1. The number of rotatable bonds is 6. The molecule has 0 radical (unpaired) electrons. The summed E-state index contributed by atoms with van der Waals surface area (Å²) in [6.45, 7) is 2.83. The molecule has 1 aliphatic rings. The van der Waals surface area contributed by atoms with Gasteiger partial charge in [0, 0.05) is 36.6 Å². The Bertz CT molecular complexity index is 1500. The van der Waals surface area contributed by atoms with Crippen molar-refractivity contribution < 1.29 is 18.8 Å². The molecule has 2 N–H and O–H groups in total. The van der Waals surface area contributed by atoms with E-state index >= 15 is 0 Å². The first-order valence-corrected chi connectivity index (χ1v) is 13.3. The Morgan fingerprint density at radius 2 is 1.97 bits per heavy atom. The molecule has 0 aliphatic carbocycles. The van der Waals surface area contributed by atoms with Crippen molar-refractivity contribution in [2.75, 3.05) is 13.1 Å². The third-order valence-corrected chi connectivity index (χ3v) is 7.90. The number of benzene rings is 2. The van der Waals surface area contributed by atoms with Crippen molar-refractivity contribution in [1.82, 2.24) is 15.5 Å². The van der Waals surface area contributed by atoms with Gasteiger partial charge in [0.1, 0.15) is 5.58 Å². The number of nitrogens with one attached hydrogen (secondary N) is 2. The van der Waals surface area contributed by atoms with Gasteiger partial charge in [-0.3, -0.25) is 14.4 Å². The summed E-state index contributed by atoms with van der Waals surface area (Å²) in [6, 6.07) is 12.1. The molecule has 0 saturated heterocycles. The quantitative estimate of drug-likeness (QED) is 0.326. The average molecular weight is 556 g/mol. The van der Waals surface area contributed by atoms with Crippen LogP contribution in [0.2, 0.25) is 10.0 Å². The van der Waals surface area contributed by atoms with Gasteiger partial charge in [0.05, 0.1) is 26.7 Å². The summed E-state index contributed by atoms with van der Waals surface area (Å²) >= 11 is 14.5. The van der Waals surface area contributed by atoms with Crippen LogP contribution in [0.3, 0.4) is 0 Å². The predicted octanol–water partition coefficient (Wildman–Crippen LogP) is 5.55. The molecule has 10 heteroatoms. The number of halogens is 2. The second-order valence-corrected chi connectivity index (χ2v) is 10.6. The molecule has 0 spiro atoms. The monoisotopic (exact) mass is 555 g/mol. The van der Waals surface area contributed by atoms with Crippen molar-refractivity contribution >= 4 is 63.2 Å². The fourth-order valence-electron chi connectivity index (χ4n) is 4.39. The van der Waals surface area contributed by atoms with Gasteiger partial charge in [0.25, 0.3) is 17.7 Å². The molecule has 0 bridgehead atoms. The summed E-state index contributed by atoms with van der Waals surface area (Å²) in [5.41, 5.74) is 3.01. The van der Waals surface area contributed by atoms with Crippen LogP contribution in [0.25, 0.3) is 11.0 Å². The number of amides is 3. The molecule has 2 aromatic carbocycles. The average Bonchev–Trinajstić information content (AvgIpc) is 3.58. The first-order chi connectivity index (χ1) is 17.8. The van der Waals surface area contributed by atoms with Gasteiger partial charge in [-0.2, -0.15) is 0 Å². The van der Waals surface area contributed by atoms with E-state index in [0.717, 1.165) is 16.5 Å². The summed E-state index contributed by atoms with van der Waals surface area (Å²) in [7, 11) is 0. The molecular weight excluding hydrogens is 533 g/mol. The van der Waals surface area contributed by atoms with Crippen LogP contribution in [0.15, 0.2) is 58.5 Å². The molecule has 7 nitrogen and oxygen atoms in total. The van der Waals surface area contributed by atoms with Crippen molar-refractivity contribution in [3.05, 3.63) is 91.3 Å². The Morgan fingerprint density at radius 1 is 1.14 bits per heavy atom. The molecule has 0 fully saturated rings. The SMILES string of the molecule is CC(CNC(=O)c1cccs1)NC(=O)c1c(Cl)cc2c(c1Cl)CCN(C(=O)c1ccc3ccoc3c1)C2. The Balaban J connectivity index is 1.27. The van der Waals surface area contributed by atoms with E-state index < -0.39 is 5.91 Å². The van der Waals surface area contributed by atoms with Gasteiger partial charge in [-0.15, -0.1) is 11.3 Å². The van der Waals surface area contributed by atoms with Gasteiger partial charge >= 0.3 is 0 Å². The minimum absolute atomic E-state index is 0.114. The van der Waals surface area contributed by atoms with Gasteiger partial charge in [0.15, 0.2) is 0 Å². The fraction of sp³-hybridized carbons (Fsp3) is 0.222. The van der Waals surface area contributed by atoms with Gasteiger partial charge in [0.2, 0.25) is 0 Å². The van der Waals surface area contributed by atoms with E-state index in [0.29, 0.717) is 40.6 Å². The van der Waals surface area contributed by atoms with E-state index in [2.05, 4.69) is 10.6 Å². The van der Waals surface area contributed by atoms with Crippen molar-refractivity contribution in [2.24, 2.45) is 0 Å². The van der Waals surface area contributed by atoms with Gasteiger partial charge in [-0.1, -0.05) is 35.3 Å². The third kappa shape index (κ3) is 5.23. The lowest BCUT2D eigenvalue weighted by atomic mass is 9.96. The van der Waals surface area contributed by atoms with Crippen LogP contribution in [0.1, 0.15) is 48.4 Å². The lowest BCUT2D eigenvalue weighted by molar-refractivity contribution is 0.0734. The number of hydrogen-bond donors (Lipinski definition) is 2. The van der Waals surface area contributed by atoms with Crippen LogP contribution in [0, 0.1) is 0 Å². The molecule has 2 aromatic heterocycles. The van der Waals surface area contributed by atoms with E-state index in [9.17, 15) is 14.4 Å². The van der Waals surface area contributed by atoms with E-state index in [-0.39, 0.29) is 35.0 Å². The molecule has 4 aromatic rings. The number of hydrogen-bond acceptors (Lipinski definition) is 5. The van der Waals surface area contributed by atoms with Crippen molar-refractivity contribution in [3.63, 3.8) is 0 Å². The molecule has 0 saturated carbocycles. The lowest BCUT2D eigenvalue weighted by Gasteiger charge is -2.30. The number of carbonyl (C=O) groups excluding carboxylic acids is 3. The van der Waals surface area contributed by atoms with Crippen LogP contribution in [0.5, 0.6) is 0 Å². The largest absolute Gasteiger partial charge is 0.464 e. The number of nitrogens with zero attached hydrogens (tertiary/aromatic N) is 1. The first kappa shape index (κ1) is 25.3. The summed E-state index contributed by atoms with van der Waals surface area (Å²) in [5.74, 6) is -0.721. The zero-order valence-corrected chi connectivity index (χ0v) is 22.2. The number of fused-ring (bicyclic) bond motifs is 2. The van der Waals surface area contributed by atoms with E-state index in [4.69, 9.17) is 27.6 Å². The van der Waals surface area contributed by atoms with Crippen molar-refractivity contribution in [3.8, 4) is 0 Å². The number of carbonyl (C=O) groups is 3. The maximum atomic E-state index is 13.2. The third-order valence-electron chi connectivity index (χ3n) is 6.31. The predicted molar refractivity (Wildman–Crippen MR) is 145 cm³/mol. The molecule has 3 heterocycles. The van der Waals surface area contributed by atoms with Crippen LogP contribution < -0.4 is 10.6 Å². The van der Waals surface area contributed by atoms with E-state index in [1.807, 2.05) is 17.5 Å². The van der Waals surface area contributed by atoms with Gasteiger partial charge in [-0.25, -0.2) is 0 Å². The highest BCUT2D eigenvalue weighted by atomic mass is 35.5. The van der Waals surface area contributed by atoms with Gasteiger partial charge < -0.3 is 20.0 Å². The van der Waals surface area contributed by atoms with Crippen LogP contribution in [0.4, 0.5) is 0 Å². The highest BCUT2D eigenvalue weighted by Crippen LogP contribution is 2.35.